The highest BCUT2D eigenvalue weighted by atomic mass is 15.1. The Morgan fingerprint density at radius 1 is 0.242 bits per heavy atom. The number of benzene rings is 12. The van der Waals surface area contributed by atoms with Gasteiger partial charge >= 0.3 is 0 Å². The van der Waals surface area contributed by atoms with Crippen LogP contribution in [-0.2, 0) is 0 Å². The highest BCUT2D eigenvalue weighted by molar-refractivity contribution is 6.22. The molecule has 0 bridgehead atoms. The quantitative estimate of drug-likeness (QED) is 0.153. The van der Waals surface area contributed by atoms with Gasteiger partial charge in [0.15, 0.2) is 0 Å². The van der Waals surface area contributed by atoms with E-state index in [2.05, 4.69) is 283 Å². The van der Waals surface area contributed by atoms with E-state index in [9.17, 15) is 0 Å². The van der Waals surface area contributed by atoms with Gasteiger partial charge in [0.2, 0.25) is 0 Å². The van der Waals surface area contributed by atoms with Crippen LogP contribution in [0.3, 0.4) is 0 Å². The average Bonchev–Trinajstić information content (AvgIpc) is 3.39. The van der Waals surface area contributed by atoms with Crippen molar-refractivity contribution >= 4 is 71.5 Å². The summed E-state index contributed by atoms with van der Waals surface area (Å²) in [6, 6.07) is 97.6. The second-order valence-electron chi connectivity index (χ2n) is 16.6. The summed E-state index contributed by atoms with van der Waals surface area (Å²) in [5, 5.41) is 13.5. The SMILES string of the molecule is c1ccc(Nc2ccc3c(-c4ccccc4)c4cc(N(c5ccccc5)c5cccc6ccccc56)ccc4c(-c4ccc(-c5ccccc5)cc4)c3c2)cc1.c1ccc2ccccc2c1. The van der Waals surface area contributed by atoms with Crippen molar-refractivity contribution < 1.29 is 0 Å². The molecule has 1 N–H and O–H groups in total. The van der Waals surface area contributed by atoms with Gasteiger partial charge in [0.05, 0.1) is 5.69 Å². The molecule has 0 amide bonds. The van der Waals surface area contributed by atoms with Crippen LogP contribution in [0.4, 0.5) is 28.4 Å². The molecule has 2 nitrogen and oxygen atoms in total. The van der Waals surface area contributed by atoms with Crippen molar-refractivity contribution in [2.75, 3.05) is 10.2 Å². The topological polar surface area (TPSA) is 15.3 Å². The summed E-state index contributed by atoms with van der Waals surface area (Å²) in [5.41, 5.74) is 12.7. The Morgan fingerprint density at radius 3 is 1.33 bits per heavy atom. The van der Waals surface area contributed by atoms with E-state index in [1.807, 2.05) is 0 Å². The monoisotopic (exact) mass is 842 g/mol. The number of hydrogen-bond donors (Lipinski definition) is 1. The summed E-state index contributed by atoms with van der Waals surface area (Å²) in [4.78, 5) is 2.40. The van der Waals surface area contributed by atoms with Gasteiger partial charge in [0, 0.05) is 28.1 Å². The maximum atomic E-state index is 3.68. The molecule has 0 saturated heterocycles. The van der Waals surface area contributed by atoms with Gasteiger partial charge in [0.25, 0.3) is 0 Å². The maximum absolute atomic E-state index is 3.68. The van der Waals surface area contributed by atoms with Crippen molar-refractivity contribution in [2.24, 2.45) is 0 Å². The van der Waals surface area contributed by atoms with E-state index in [0.717, 1.165) is 28.4 Å². The summed E-state index contributed by atoms with van der Waals surface area (Å²) in [6.07, 6.45) is 0. The molecule has 0 atom stereocenters. The van der Waals surface area contributed by atoms with Gasteiger partial charge in [-0.1, -0.05) is 218 Å². The average molecular weight is 843 g/mol. The van der Waals surface area contributed by atoms with Crippen LogP contribution in [0.1, 0.15) is 0 Å². The predicted octanol–water partition coefficient (Wildman–Crippen LogP) is 18.2. The Hall–Kier alpha value is -8.72. The molecule has 0 saturated carbocycles. The van der Waals surface area contributed by atoms with E-state index in [1.165, 1.54) is 76.5 Å². The summed E-state index contributed by atoms with van der Waals surface area (Å²) < 4.78 is 0. The molecule has 12 aromatic rings. The smallest absolute Gasteiger partial charge is 0.0540 e. The summed E-state index contributed by atoms with van der Waals surface area (Å²) in [7, 11) is 0. The molecular formula is C64H46N2. The zero-order valence-corrected chi connectivity index (χ0v) is 36.4. The normalized spacial score (nSPS) is 11.0. The van der Waals surface area contributed by atoms with Crippen LogP contribution in [0.2, 0.25) is 0 Å². The molecule has 0 unspecified atom stereocenters. The van der Waals surface area contributed by atoms with Gasteiger partial charge in [-0.2, -0.15) is 0 Å². The lowest BCUT2D eigenvalue weighted by Gasteiger charge is -2.28. The van der Waals surface area contributed by atoms with Gasteiger partial charge in [-0.05, 0) is 126 Å². The Balaban J connectivity index is 0.000000424. The number of hydrogen-bond acceptors (Lipinski definition) is 2. The number of anilines is 5. The zero-order chi connectivity index (χ0) is 44.1. The van der Waals surface area contributed by atoms with Gasteiger partial charge in [-0.25, -0.2) is 0 Å². The third-order valence-corrected chi connectivity index (χ3v) is 12.4. The summed E-state index contributed by atoms with van der Waals surface area (Å²) in [5.74, 6) is 0. The van der Waals surface area contributed by atoms with Crippen LogP contribution in [0.25, 0.3) is 76.5 Å². The molecular weight excluding hydrogens is 797 g/mol. The minimum Gasteiger partial charge on any atom is -0.356 e. The lowest BCUT2D eigenvalue weighted by molar-refractivity contribution is 1.30. The van der Waals surface area contributed by atoms with Crippen LogP contribution in [0, 0.1) is 0 Å². The molecule has 0 aromatic heterocycles. The molecule has 312 valence electrons. The van der Waals surface area contributed by atoms with E-state index in [1.54, 1.807) is 0 Å². The first-order chi connectivity index (χ1) is 32.7. The van der Waals surface area contributed by atoms with E-state index in [0.29, 0.717) is 0 Å². The number of nitrogens with zero attached hydrogens (tertiary/aromatic N) is 1. The molecule has 12 rings (SSSR count). The summed E-state index contributed by atoms with van der Waals surface area (Å²) >= 11 is 0. The minimum atomic E-state index is 1.05. The van der Waals surface area contributed by atoms with Crippen molar-refractivity contribution in [1.82, 2.24) is 0 Å². The first kappa shape index (κ1) is 40.1. The third kappa shape index (κ3) is 8.05. The van der Waals surface area contributed by atoms with E-state index < -0.39 is 0 Å². The number of rotatable bonds is 8. The molecule has 0 heterocycles. The first-order valence-electron chi connectivity index (χ1n) is 22.6. The van der Waals surface area contributed by atoms with Crippen molar-refractivity contribution in [3.8, 4) is 33.4 Å². The van der Waals surface area contributed by atoms with E-state index >= 15 is 0 Å². The van der Waals surface area contributed by atoms with Crippen LogP contribution in [0.15, 0.2) is 273 Å². The molecule has 12 aromatic carbocycles. The Labute approximate surface area is 386 Å². The largest absolute Gasteiger partial charge is 0.356 e. The van der Waals surface area contributed by atoms with Crippen molar-refractivity contribution in [1.29, 1.82) is 0 Å². The third-order valence-electron chi connectivity index (χ3n) is 12.4. The van der Waals surface area contributed by atoms with Gasteiger partial charge in [-0.15, -0.1) is 0 Å². The minimum absolute atomic E-state index is 1.05. The van der Waals surface area contributed by atoms with Crippen LogP contribution >= 0.6 is 0 Å². The standard InChI is InChI=1S/C54H38N2.C10H8/c1-5-16-38(17-6-1)39-28-30-42(31-29-39)54-49-35-33-46(56(45-24-11-4-12-25-45)52-27-15-21-40-18-13-14-26-47(40)52)37-51(49)53(41-19-7-2-8-20-41)48-34-32-44(36-50(48)54)55-43-22-9-3-10-23-43;1-2-6-10-8-4-3-7-9(10)5-1/h1-37,55H;1-8H. The van der Waals surface area contributed by atoms with Crippen molar-refractivity contribution in [2.45, 2.75) is 0 Å². The van der Waals surface area contributed by atoms with Crippen molar-refractivity contribution in [3.63, 3.8) is 0 Å². The van der Waals surface area contributed by atoms with Gasteiger partial charge < -0.3 is 10.2 Å². The summed E-state index contributed by atoms with van der Waals surface area (Å²) in [6.45, 7) is 0. The molecule has 0 radical (unpaired) electrons. The van der Waals surface area contributed by atoms with E-state index in [-0.39, 0.29) is 0 Å². The molecule has 2 heteroatoms. The lowest BCUT2D eigenvalue weighted by atomic mass is 9.85. The highest BCUT2D eigenvalue weighted by Gasteiger charge is 2.21. The second kappa shape index (κ2) is 18.2. The van der Waals surface area contributed by atoms with Crippen molar-refractivity contribution in [3.05, 3.63) is 273 Å². The maximum Gasteiger partial charge on any atom is 0.0540 e. The Bertz CT molecular complexity index is 3520. The molecule has 0 spiro atoms. The Morgan fingerprint density at radius 2 is 0.697 bits per heavy atom. The predicted molar refractivity (Wildman–Crippen MR) is 284 cm³/mol. The van der Waals surface area contributed by atoms with E-state index in [4.69, 9.17) is 0 Å². The molecule has 0 aliphatic rings. The van der Waals surface area contributed by atoms with Crippen LogP contribution in [-0.4, -0.2) is 0 Å². The number of fused-ring (bicyclic) bond motifs is 4. The number of para-hydroxylation sites is 2. The van der Waals surface area contributed by atoms with Gasteiger partial charge in [-0.3, -0.25) is 0 Å². The van der Waals surface area contributed by atoms with Crippen LogP contribution < -0.4 is 10.2 Å². The fourth-order valence-corrected chi connectivity index (χ4v) is 9.35. The number of nitrogens with one attached hydrogen (secondary N) is 1. The molecule has 0 aliphatic carbocycles. The first-order valence-corrected chi connectivity index (χ1v) is 22.6. The highest BCUT2D eigenvalue weighted by Crippen LogP contribution is 2.48. The molecule has 0 fully saturated rings. The lowest BCUT2D eigenvalue weighted by Crippen LogP contribution is -2.10. The molecule has 0 aliphatic heterocycles. The fraction of sp³-hybridized carbons (Fsp3) is 0. The van der Waals surface area contributed by atoms with Crippen LogP contribution in [0.5, 0.6) is 0 Å². The zero-order valence-electron chi connectivity index (χ0n) is 36.4. The fourth-order valence-electron chi connectivity index (χ4n) is 9.35. The second-order valence-corrected chi connectivity index (χ2v) is 16.6. The molecule has 66 heavy (non-hydrogen) atoms. The Kier molecular flexibility index (Phi) is 11.0. The van der Waals surface area contributed by atoms with Gasteiger partial charge in [0.1, 0.15) is 0 Å².